The first-order chi connectivity index (χ1) is 8.99. The lowest BCUT2D eigenvalue weighted by atomic mass is 10.1. The van der Waals surface area contributed by atoms with Crippen molar-refractivity contribution in [2.75, 3.05) is 0 Å². The molecule has 0 amide bonds. The lowest BCUT2D eigenvalue weighted by Gasteiger charge is -2.19. The monoisotopic (exact) mass is 294 g/mol. The SMILES string of the molecule is CCn1nc(CNC(C)(C)C)c(-c2ccccc2)n1.Cl. The molecule has 0 aliphatic carbocycles. The molecule has 2 rings (SSSR count). The molecule has 0 spiro atoms. The second-order valence-corrected chi connectivity index (χ2v) is 5.65. The van der Waals surface area contributed by atoms with E-state index in [2.05, 4.69) is 55.3 Å². The van der Waals surface area contributed by atoms with E-state index in [1.54, 1.807) is 4.80 Å². The summed E-state index contributed by atoms with van der Waals surface area (Å²) in [6.45, 7) is 10.0. The summed E-state index contributed by atoms with van der Waals surface area (Å²) in [7, 11) is 0. The molecule has 1 N–H and O–H groups in total. The summed E-state index contributed by atoms with van der Waals surface area (Å²) in [5.74, 6) is 0. The van der Waals surface area contributed by atoms with Crippen molar-refractivity contribution in [1.29, 1.82) is 0 Å². The zero-order valence-corrected chi connectivity index (χ0v) is 13.4. The number of hydrogen-bond donors (Lipinski definition) is 1. The molecule has 5 heteroatoms. The Balaban J connectivity index is 0.00000200. The molecule has 20 heavy (non-hydrogen) atoms. The predicted octanol–water partition coefficient (Wildman–Crippen LogP) is 3.27. The fraction of sp³-hybridized carbons (Fsp3) is 0.467. The normalized spacial score (nSPS) is 11.2. The van der Waals surface area contributed by atoms with Gasteiger partial charge in [0.15, 0.2) is 0 Å². The fourth-order valence-corrected chi connectivity index (χ4v) is 1.81. The van der Waals surface area contributed by atoms with Gasteiger partial charge in [0.2, 0.25) is 0 Å². The van der Waals surface area contributed by atoms with Gasteiger partial charge in [0.05, 0.1) is 6.54 Å². The number of hydrogen-bond acceptors (Lipinski definition) is 3. The van der Waals surface area contributed by atoms with Crippen molar-refractivity contribution in [2.45, 2.75) is 46.3 Å². The van der Waals surface area contributed by atoms with E-state index in [4.69, 9.17) is 0 Å². The maximum absolute atomic E-state index is 4.57. The van der Waals surface area contributed by atoms with Gasteiger partial charge in [-0.1, -0.05) is 30.3 Å². The third-order valence-corrected chi connectivity index (χ3v) is 2.84. The summed E-state index contributed by atoms with van der Waals surface area (Å²) in [5, 5.41) is 12.6. The highest BCUT2D eigenvalue weighted by Crippen LogP contribution is 2.20. The standard InChI is InChI=1S/C15H22N4.ClH/c1-5-19-17-13(11-16-15(2,3)4)14(18-19)12-9-7-6-8-10-12;/h6-10,16H,5,11H2,1-4H3;1H. The van der Waals surface area contributed by atoms with Crippen molar-refractivity contribution in [2.24, 2.45) is 0 Å². The van der Waals surface area contributed by atoms with Crippen molar-refractivity contribution in [3.63, 3.8) is 0 Å². The number of nitrogens with zero attached hydrogens (tertiary/aromatic N) is 3. The largest absolute Gasteiger partial charge is 0.306 e. The van der Waals surface area contributed by atoms with Crippen LogP contribution in [0.4, 0.5) is 0 Å². The summed E-state index contributed by atoms with van der Waals surface area (Å²) >= 11 is 0. The maximum atomic E-state index is 4.57. The smallest absolute Gasteiger partial charge is 0.117 e. The summed E-state index contributed by atoms with van der Waals surface area (Å²) < 4.78 is 0. The van der Waals surface area contributed by atoms with Crippen LogP contribution in [0, 0.1) is 0 Å². The Bertz CT molecular complexity index is 529. The molecule has 0 saturated carbocycles. The molecule has 0 saturated heterocycles. The molecule has 110 valence electrons. The number of nitrogens with one attached hydrogen (secondary N) is 1. The minimum absolute atomic E-state index is 0. The minimum Gasteiger partial charge on any atom is -0.306 e. The molecule has 0 radical (unpaired) electrons. The van der Waals surface area contributed by atoms with E-state index in [9.17, 15) is 0 Å². The van der Waals surface area contributed by atoms with Gasteiger partial charge in [-0.05, 0) is 27.7 Å². The van der Waals surface area contributed by atoms with Crippen LogP contribution >= 0.6 is 12.4 Å². The van der Waals surface area contributed by atoms with E-state index in [0.717, 1.165) is 30.0 Å². The van der Waals surface area contributed by atoms with Gasteiger partial charge in [-0.25, -0.2) is 0 Å². The van der Waals surface area contributed by atoms with Crippen molar-refractivity contribution in [3.05, 3.63) is 36.0 Å². The molecule has 1 aromatic heterocycles. The summed E-state index contributed by atoms with van der Waals surface area (Å²) in [5.41, 5.74) is 3.17. The fourth-order valence-electron chi connectivity index (χ4n) is 1.81. The Morgan fingerprint density at radius 3 is 2.30 bits per heavy atom. The first kappa shape index (κ1) is 16.7. The van der Waals surface area contributed by atoms with Crippen molar-refractivity contribution in [1.82, 2.24) is 20.3 Å². The first-order valence-electron chi connectivity index (χ1n) is 6.74. The van der Waals surface area contributed by atoms with E-state index in [1.807, 2.05) is 18.2 Å². The molecular formula is C15H23ClN4. The Labute approximate surface area is 127 Å². The summed E-state index contributed by atoms with van der Waals surface area (Å²) in [6.07, 6.45) is 0. The highest BCUT2D eigenvalue weighted by atomic mass is 35.5. The lowest BCUT2D eigenvalue weighted by molar-refractivity contribution is 0.419. The molecule has 1 heterocycles. The van der Waals surface area contributed by atoms with Crippen molar-refractivity contribution < 1.29 is 0 Å². The van der Waals surface area contributed by atoms with Crippen LogP contribution in [-0.2, 0) is 13.1 Å². The summed E-state index contributed by atoms with van der Waals surface area (Å²) in [4.78, 5) is 1.75. The molecule has 0 atom stereocenters. The van der Waals surface area contributed by atoms with Gasteiger partial charge in [0.1, 0.15) is 11.4 Å². The third-order valence-electron chi connectivity index (χ3n) is 2.84. The van der Waals surface area contributed by atoms with Gasteiger partial charge in [0.25, 0.3) is 0 Å². The highest BCUT2D eigenvalue weighted by molar-refractivity contribution is 5.85. The van der Waals surface area contributed by atoms with Crippen LogP contribution in [0.5, 0.6) is 0 Å². The van der Waals surface area contributed by atoms with Crippen LogP contribution in [0.15, 0.2) is 30.3 Å². The van der Waals surface area contributed by atoms with Crippen LogP contribution in [0.1, 0.15) is 33.4 Å². The Morgan fingerprint density at radius 2 is 1.75 bits per heavy atom. The number of aryl methyl sites for hydroxylation is 1. The van der Waals surface area contributed by atoms with E-state index >= 15 is 0 Å². The Morgan fingerprint density at radius 1 is 1.10 bits per heavy atom. The molecule has 4 nitrogen and oxygen atoms in total. The van der Waals surface area contributed by atoms with E-state index in [0.29, 0.717) is 0 Å². The van der Waals surface area contributed by atoms with Gasteiger partial charge >= 0.3 is 0 Å². The molecule has 0 aliphatic rings. The van der Waals surface area contributed by atoms with Gasteiger partial charge in [-0.3, -0.25) is 0 Å². The number of benzene rings is 1. The van der Waals surface area contributed by atoms with Crippen molar-refractivity contribution in [3.8, 4) is 11.3 Å². The molecule has 1 aromatic carbocycles. The Hall–Kier alpha value is -1.39. The van der Waals surface area contributed by atoms with Crippen LogP contribution in [0.2, 0.25) is 0 Å². The van der Waals surface area contributed by atoms with E-state index in [1.165, 1.54) is 0 Å². The van der Waals surface area contributed by atoms with Crippen LogP contribution in [-0.4, -0.2) is 20.5 Å². The van der Waals surface area contributed by atoms with Gasteiger partial charge in [-0.2, -0.15) is 15.0 Å². The zero-order chi connectivity index (χ0) is 13.9. The molecule has 0 aliphatic heterocycles. The number of aromatic nitrogens is 3. The van der Waals surface area contributed by atoms with E-state index in [-0.39, 0.29) is 17.9 Å². The maximum Gasteiger partial charge on any atom is 0.117 e. The Kier molecular flexibility index (Phi) is 5.72. The van der Waals surface area contributed by atoms with E-state index < -0.39 is 0 Å². The number of halogens is 1. The average Bonchev–Trinajstić information content (AvgIpc) is 2.80. The van der Waals surface area contributed by atoms with Crippen LogP contribution < -0.4 is 5.32 Å². The molecular weight excluding hydrogens is 272 g/mol. The average molecular weight is 295 g/mol. The van der Waals surface area contributed by atoms with Crippen molar-refractivity contribution >= 4 is 12.4 Å². The summed E-state index contributed by atoms with van der Waals surface area (Å²) in [6, 6.07) is 10.2. The second-order valence-electron chi connectivity index (χ2n) is 5.65. The number of rotatable bonds is 4. The van der Waals surface area contributed by atoms with Crippen LogP contribution in [0.3, 0.4) is 0 Å². The lowest BCUT2D eigenvalue weighted by Crippen LogP contribution is -2.35. The predicted molar refractivity (Wildman–Crippen MR) is 85.0 cm³/mol. The minimum atomic E-state index is 0. The highest BCUT2D eigenvalue weighted by Gasteiger charge is 2.15. The quantitative estimate of drug-likeness (QED) is 0.941. The van der Waals surface area contributed by atoms with Gasteiger partial charge < -0.3 is 5.32 Å². The van der Waals surface area contributed by atoms with Crippen LogP contribution in [0.25, 0.3) is 11.3 Å². The topological polar surface area (TPSA) is 42.7 Å². The second kappa shape index (κ2) is 6.86. The first-order valence-corrected chi connectivity index (χ1v) is 6.74. The molecule has 2 aromatic rings. The molecule has 0 fully saturated rings. The van der Waals surface area contributed by atoms with Gasteiger partial charge in [0, 0.05) is 17.6 Å². The third kappa shape index (κ3) is 4.32. The molecule has 0 bridgehead atoms. The zero-order valence-electron chi connectivity index (χ0n) is 12.6. The van der Waals surface area contributed by atoms with Gasteiger partial charge in [-0.15, -0.1) is 12.4 Å². The molecule has 0 unspecified atom stereocenters.